The second-order valence-corrected chi connectivity index (χ2v) is 7.49. The number of β-lactam (4-membered cyclic amide) rings is 1. The summed E-state index contributed by atoms with van der Waals surface area (Å²) in [5, 5.41) is 0. The van der Waals surface area contributed by atoms with Crippen LogP contribution in [-0.2, 0) is 4.79 Å². The van der Waals surface area contributed by atoms with Crippen molar-refractivity contribution in [1.82, 2.24) is 0 Å². The summed E-state index contributed by atoms with van der Waals surface area (Å²) in [4.78, 5) is 13.6. The molecule has 1 aromatic rings. The first-order valence-electron chi connectivity index (χ1n) is 4.91. The Bertz CT molecular complexity index is 488. The molecule has 0 aliphatic carbocycles. The van der Waals surface area contributed by atoms with Crippen molar-refractivity contribution in [3.05, 3.63) is 21.1 Å². The van der Waals surface area contributed by atoms with E-state index in [-0.39, 0.29) is 5.91 Å². The van der Waals surface area contributed by atoms with E-state index in [9.17, 15) is 4.79 Å². The predicted octanol–water partition coefficient (Wildman–Crippen LogP) is 3.72. The van der Waals surface area contributed by atoms with Crippen molar-refractivity contribution in [3.8, 4) is 5.75 Å². The number of hydrogen-bond acceptors (Lipinski definition) is 2. The summed E-state index contributed by atoms with van der Waals surface area (Å²) < 4.78 is 6.43. The van der Waals surface area contributed by atoms with Gasteiger partial charge in [-0.1, -0.05) is 15.9 Å². The molecule has 0 N–H and O–H groups in total. The monoisotopic (exact) mass is 425 g/mol. The van der Waals surface area contributed by atoms with Crippen LogP contribution in [0, 0.1) is 0 Å². The van der Waals surface area contributed by atoms with Gasteiger partial charge in [0.25, 0.3) is 0 Å². The predicted molar refractivity (Wildman–Crippen MR) is 78.1 cm³/mol. The van der Waals surface area contributed by atoms with Crippen LogP contribution in [0.25, 0.3) is 0 Å². The summed E-state index contributed by atoms with van der Waals surface area (Å²) in [5.41, 5.74) is 0.847. The van der Waals surface area contributed by atoms with E-state index in [1.54, 1.807) is 12.0 Å². The quantitative estimate of drug-likeness (QED) is 0.532. The number of ether oxygens (including phenoxy) is 1. The fraction of sp³-hybridized carbons (Fsp3) is 0.364. The topological polar surface area (TPSA) is 29.5 Å². The second-order valence-electron chi connectivity index (χ2n) is 4.03. The maximum absolute atomic E-state index is 11.9. The van der Waals surface area contributed by atoms with Gasteiger partial charge in [0.15, 0.2) is 0 Å². The van der Waals surface area contributed by atoms with E-state index < -0.39 is 4.32 Å². The Morgan fingerprint density at radius 1 is 1.35 bits per heavy atom. The van der Waals surface area contributed by atoms with Crippen LogP contribution in [-0.4, -0.2) is 23.9 Å². The summed E-state index contributed by atoms with van der Waals surface area (Å²) in [6, 6.07) is 3.72. The maximum Gasteiger partial charge on any atom is 0.245 e. The van der Waals surface area contributed by atoms with Crippen LogP contribution in [0.2, 0.25) is 0 Å². The summed E-state index contributed by atoms with van der Waals surface area (Å²) in [6.45, 7) is 2.53. The van der Waals surface area contributed by atoms with E-state index in [1.165, 1.54) is 0 Å². The highest BCUT2D eigenvalue weighted by atomic mass is 79.9. The van der Waals surface area contributed by atoms with Gasteiger partial charge in [0.2, 0.25) is 5.91 Å². The van der Waals surface area contributed by atoms with Crippen molar-refractivity contribution in [1.29, 1.82) is 0 Å². The average molecular weight is 428 g/mol. The first-order valence-corrected chi connectivity index (χ1v) is 7.28. The minimum absolute atomic E-state index is 0.0651. The zero-order chi connectivity index (χ0) is 12.8. The van der Waals surface area contributed by atoms with Crippen LogP contribution in [0.4, 0.5) is 5.69 Å². The molecule has 1 heterocycles. The lowest BCUT2D eigenvalue weighted by molar-refractivity contribution is -0.124. The number of benzene rings is 1. The minimum Gasteiger partial charge on any atom is -0.496 e. The van der Waals surface area contributed by atoms with Gasteiger partial charge in [-0.25, -0.2) is 0 Å². The Morgan fingerprint density at radius 2 is 2.00 bits per heavy atom. The number of nitrogens with zero attached hydrogens (tertiary/aromatic N) is 1. The Morgan fingerprint density at radius 3 is 2.47 bits per heavy atom. The van der Waals surface area contributed by atoms with Crippen LogP contribution in [0.3, 0.4) is 0 Å². The second kappa shape index (κ2) is 4.55. The summed E-state index contributed by atoms with van der Waals surface area (Å²) in [7, 11) is 1.61. The van der Waals surface area contributed by atoms with Gasteiger partial charge in [0.05, 0.1) is 17.3 Å². The van der Waals surface area contributed by atoms with Crippen LogP contribution < -0.4 is 9.64 Å². The molecule has 6 heteroatoms. The van der Waals surface area contributed by atoms with Gasteiger partial charge in [-0.05, 0) is 50.9 Å². The Labute approximate surface area is 125 Å². The molecule has 2 rings (SSSR count). The lowest BCUT2D eigenvalue weighted by Crippen LogP contribution is -2.61. The van der Waals surface area contributed by atoms with E-state index in [4.69, 9.17) is 4.74 Å². The zero-order valence-corrected chi connectivity index (χ0v) is 14.0. The van der Waals surface area contributed by atoms with Crippen molar-refractivity contribution in [2.24, 2.45) is 0 Å². The lowest BCUT2D eigenvalue weighted by atomic mass is 10.00. The third-order valence-electron chi connectivity index (χ3n) is 2.66. The molecule has 17 heavy (non-hydrogen) atoms. The largest absolute Gasteiger partial charge is 0.496 e. The number of alkyl halides is 1. The van der Waals surface area contributed by atoms with Crippen LogP contribution in [0.15, 0.2) is 21.1 Å². The summed E-state index contributed by atoms with van der Waals surface area (Å²) in [5.74, 6) is 0.797. The molecule has 1 saturated heterocycles. The molecule has 0 saturated carbocycles. The van der Waals surface area contributed by atoms with E-state index in [0.717, 1.165) is 20.4 Å². The lowest BCUT2D eigenvalue weighted by Gasteiger charge is -2.43. The molecule has 1 aliphatic heterocycles. The molecule has 1 atom stereocenters. The Hall–Kier alpha value is -0.0700. The number of amides is 1. The Balaban J connectivity index is 2.36. The highest BCUT2D eigenvalue weighted by Gasteiger charge is 2.47. The SMILES string of the molecule is COc1cc(Br)c(N2CC(C)(Br)C2=O)cc1Br. The van der Waals surface area contributed by atoms with Gasteiger partial charge in [0.1, 0.15) is 10.1 Å². The van der Waals surface area contributed by atoms with Crippen molar-refractivity contribution in [3.63, 3.8) is 0 Å². The van der Waals surface area contributed by atoms with Crippen LogP contribution in [0.1, 0.15) is 6.92 Å². The van der Waals surface area contributed by atoms with Gasteiger partial charge < -0.3 is 9.64 Å². The van der Waals surface area contributed by atoms with Gasteiger partial charge in [-0.15, -0.1) is 0 Å². The normalized spacial score (nSPS) is 23.6. The number of anilines is 1. The molecule has 0 bridgehead atoms. The molecule has 1 aromatic carbocycles. The molecule has 1 fully saturated rings. The summed E-state index contributed by atoms with van der Waals surface area (Å²) >= 11 is 10.3. The van der Waals surface area contributed by atoms with Gasteiger partial charge in [0, 0.05) is 11.0 Å². The molecule has 1 amide bonds. The van der Waals surface area contributed by atoms with Gasteiger partial charge >= 0.3 is 0 Å². The van der Waals surface area contributed by atoms with Crippen molar-refractivity contribution >= 4 is 59.4 Å². The van der Waals surface area contributed by atoms with Crippen molar-refractivity contribution < 1.29 is 9.53 Å². The molecule has 0 aromatic heterocycles. The molecule has 1 aliphatic rings. The third kappa shape index (κ3) is 2.27. The molecule has 92 valence electrons. The maximum atomic E-state index is 11.9. The van der Waals surface area contributed by atoms with E-state index in [1.807, 2.05) is 19.1 Å². The highest BCUT2D eigenvalue weighted by Crippen LogP contribution is 2.42. The third-order valence-corrected chi connectivity index (χ3v) is 4.50. The number of hydrogen-bond donors (Lipinski definition) is 0. The van der Waals surface area contributed by atoms with E-state index >= 15 is 0 Å². The Kier molecular flexibility index (Phi) is 3.58. The summed E-state index contributed by atoms with van der Waals surface area (Å²) in [6.07, 6.45) is 0. The van der Waals surface area contributed by atoms with Gasteiger partial charge in [-0.3, -0.25) is 4.79 Å². The van der Waals surface area contributed by atoms with Crippen LogP contribution in [0.5, 0.6) is 5.75 Å². The number of halogens is 3. The molecule has 3 nitrogen and oxygen atoms in total. The molecular weight excluding hydrogens is 418 g/mol. The molecule has 0 radical (unpaired) electrons. The fourth-order valence-corrected chi connectivity index (χ4v) is 3.20. The standard InChI is InChI=1S/C11H10Br3NO2/c1-11(14)5-15(10(11)16)8-3-7(13)9(17-2)4-6(8)12/h3-4H,5H2,1-2H3. The number of carbonyl (C=O) groups is 1. The van der Waals surface area contributed by atoms with Crippen LogP contribution >= 0.6 is 47.8 Å². The molecule has 0 spiro atoms. The molecule has 1 unspecified atom stereocenters. The molecular formula is C11H10Br3NO2. The first-order chi connectivity index (χ1) is 7.86. The van der Waals surface area contributed by atoms with Gasteiger partial charge in [-0.2, -0.15) is 0 Å². The number of methoxy groups -OCH3 is 1. The van der Waals surface area contributed by atoms with E-state index in [0.29, 0.717) is 6.54 Å². The van der Waals surface area contributed by atoms with Crippen molar-refractivity contribution in [2.45, 2.75) is 11.2 Å². The minimum atomic E-state index is -0.432. The number of carbonyl (C=O) groups excluding carboxylic acids is 1. The van der Waals surface area contributed by atoms with E-state index in [2.05, 4.69) is 47.8 Å². The number of rotatable bonds is 2. The highest BCUT2D eigenvalue weighted by molar-refractivity contribution is 9.11. The fourth-order valence-electron chi connectivity index (χ4n) is 1.70. The first kappa shape index (κ1) is 13.4. The average Bonchev–Trinajstić information content (AvgIpc) is 2.28. The zero-order valence-electron chi connectivity index (χ0n) is 9.26. The smallest absolute Gasteiger partial charge is 0.245 e. The van der Waals surface area contributed by atoms with Crippen molar-refractivity contribution in [2.75, 3.05) is 18.6 Å².